The number of hydrogen-bond acceptors (Lipinski definition) is 5. The maximum absolute atomic E-state index is 4.48. The van der Waals surface area contributed by atoms with Crippen molar-refractivity contribution in [1.82, 2.24) is 29.6 Å². The normalized spacial score (nSPS) is 12.8. The van der Waals surface area contributed by atoms with Crippen LogP contribution in [0.3, 0.4) is 0 Å². The van der Waals surface area contributed by atoms with E-state index >= 15 is 0 Å². The van der Waals surface area contributed by atoms with Crippen LogP contribution in [0.25, 0.3) is 5.65 Å². The first kappa shape index (κ1) is 16.4. The highest BCUT2D eigenvalue weighted by Gasteiger charge is 2.25. The largest absolute Gasteiger partial charge is 0.292 e. The molecule has 0 aliphatic carbocycles. The van der Waals surface area contributed by atoms with Gasteiger partial charge in [0.1, 0.15) is 5.82 Å². The lowest BCUT2D eigenvalue weighted by atomic mass is 9.91. The smallest absolute Gasteiger partial charge is 0.205 e. The molecule has 128 valence electrons. The van der Waals surface area contributed by atoms with Gasteiger partial charge in [-0.15, -0.1) is 20.4 Å². The molecule has 0 saturated heterocycles. The van der Waals surface area contributed by atoms with Gasteiger partial charge in [0.05, 0.1) is 5.69 Å². The number of rotatable bonds is 4. The summed E-state index contributed by atoms with van der Waals surface area (Å²) in [4.78, 5) is 0. The van der Waals surface area contributed by atoms with Gasteiger partial charge >= 0.3 is 0 Å². The van der Waals surface area contributed by atoms with Crippen molar-refractivity contribution < 1.29 is 0 Å². The van der Waals surface area contributed by atoms with E-state index in [1.54, 1.807) is 0 Å². The predicted molar refractivity (Wildman–Crippen MR) is 92.2 cm³/mol. The minimum absolute atomic E-state index is 0.112. The van der Waals surface area contributed by atoms with E-state index in [0.717, 1.165) is 30.2 Å². The highest BCUT2D eigenvalue weighted by molar-refractivity contribution is 5.68. The molecule has 3 rings (SSSR count). The Kier molecular flexibility index (Phi) is 3.98. The second-order valence-corrected chi connectivity index (χ2v) is 7.06. The van der Waals surface area contributed by atoms with Crippen molar-refractivity contribution >= 4 is 17.2 Å². The molecule has 0 saturated carbocycles. The summed E-state index contributed by atoms with van der Waals surface area (Å²) in [6, 6.07) is 1.94. The molecule has 0 unspecified atom stereocenters. The van der Waals surface area contributed by atoms with Crippen molar-refractivity contribution in [2.45, 2.75) is 59.9 Å². The number of hydrogen-bond donors (Lipinski definition) is 1. The van der Waals surface area contributed by atoms with Crippen molar-refractivity contribution in [2.24, 2.45) is 10.2 Å². The van der Waals surface area contributed by atoms with Gasteiger partial charge in [0.25, 0.3) is 0 Å². The van der Waals surface area contributed by atoms with E-state index in [-0.39, 0.29) is 5.41 Å². The molecular weight excluding hydrogens is 304 g/mol. The monoisotopic (exact) mass is 328 g/mol. The van der Waals surface area contributed by atoms with Crippen LogP contribution in [0, 0.1) is 13.8 Å². The van der Waals surface area contributed by atoms with Crippen molar-refractivity contribution in [3.63, 3.8) is 0 Å². The second-order valence-electron chi connectivity index (χ2n) is 7.06. The van der Waals surface area contributed by atoms with Crippen molar-refractivity contribution in [1.29, 1.82) is 0 Å². The molecule has 0 aromatic carbocycles. The summed E-state index contributed by atoms with van der Waals surface area (Å²) in [5, 5.41) is 24.9. The zero-order valence-corrected chi connectivity index (χ0v) is 15.1. The first-order chi connectivity index (χ1) is 11.3. The number of fused-ring (bicyclic) bond motifs is 1. The van der Waals surface area contributed by atoms with Gasteiger partial charge < -0.3 is 0 Å². The van der Waals surface area contributed by atoms with Gasteiger partial charge in [-0.25, -0.2) is 4.52 Å². The number of nitrogens with one attached hydrogen (secondary N) is 1. The first-order valence-corrected chi connectivity index (χ1v) is 8.21. The van der Waals surface area contributed by atoms with Gasteiger partial charge in [-0.1, -0.05) is 27.7 Å². The molecule has 24 heavy (non-hydrogen) atoms. The molecule has 3 aromatic heterocycles. The fourth-order valence-corrected chi connectivity index (χ4v) is 2.62. The number of nitrogens with zero attached hydrogens (tertiary/aromatic N) is 7. The molecule has 0 aliphatic rings. The van der Waals surface area contributed by atoms with Crippen LogP contribution in [0.5, 0.6) is 0 Å². The van der Waals surface area contributed by atoms with Crippen LogP contribution in [-0.2, 0) is 12.0 Å². The van der Waals surface area contributed by atoms with E-state index in [1.807, 2.05) is 29.1 Å². The summed E-state index contributed by atoms with van der Waals surface area (Å²) in [6.45, 7) is 13.3. The van der Waals surface area contributed by atoms with Gasteiger partial charge in [-0.3, -0.25) is 9.78 Å². The third-order valence-electron chi connectivity index (χ3n) is 3.90. The molecular formula is C16H24N8. The van der Waals surface area contributed by atoms with Crippen LogP contribution in [0.1, 0.15) is 51.3 Å². The number of aromatic nitrogens is 6. The lowest BCUT2D eigenvalue weighted by molar-refractivity contribution is 0.561. The molecule has 8 heteroatoms. The van der Waals surface area contributed by atoms with Crippen LogP contribution in [-0.4, -0.2) is 29.6 Å². The van der Waals surface area contributed by atoms with Crippen LogP contribution in [0.2, 0.25) is 0 Å². The lowest BCUT2D eigenvalue weighted by Crippen LogP contribution is -2.12. The Morgan fingerprint density at radius 3 is 2.58 bits per heavy atom. The Hall–Kier alpha value is -2.51. The summed E-state index contributed by atoms with van der Waals surface area (Å²) >= 11 is 0. The van der Waals surface area contributed by atoms with Gasteiger partial charge in [0.15, 0.2) is 11.5 Å². The van der Waals surface area contributed by atoms with Crippen LogP contribution >= 0.6 is 0 Å². The third-order valence-corrected chi connectivity index (χ3v) is 3.90. The molecule has 0 spiro atoms. The van der Waals surface area contributed by atoms with E-state index in [4.69, 9.17) is 0 Å². The summed E-state index contributed by atoms with van der Waals surface area (Å²) in [5.41, 5.74) is 3.35. The van der Waals surface area contributed by atoms with Gasteiger partial charge in [-0.05, 0) is 20.3 Å². The van der Waals surface area contributed by atoms with Crippen molar-refractivity contribution in [3.05, 3.63) is 23.3 Å². The molecule has 0 bridgehead atoms. The van der Waals surface area contributed by atoms with Crippen LogP contribution in [0.15, 0.2) is 16.3 Å². The van der Waals surface area contributed by atoms with Gasteiger partial charge in [0, 0.05) is 23.7 Å². The summed E-state index contributed by atoms with van der Waals surface area (Å²) in [7, 11) is 0. The van der Waals surface area contributed by atoms with Crippen molar-refractivity contribution in [3.8, 4) is 0 Å². The first-order valence-electron chi connectivity index (χ1n) is 8.21. The van der Waals surface area contributed by atoms with Gasteiger partial charge in [-0.2, -0.15) is 5.10 Å². The number of aromatic amines is 1. The quantitative estimate of drug-likeness (QED) is 0.734. The molecule has 0 aliphatic heterocycles. The highest BCUT2D eigenvalue weighted by Crippen LogP contribution is 2.34. The summed E-state index contributed by atoms with van der Waals surface area (Å²) in [6.07, 6.45) is 1.03. The Morgan fingerprint density at radius 1 is 1.17 bits per heavy atom. The van der Waals surface area contributed by atoms with E-state index in [0.29, 0.717) is 17.2 Å². The Labute approximate surface area is 141 Å². The third kappa shape index (κ3) is 2.83. The van der Waals surface area contributed by atoms with Gasteiger partial charge in [0.2, 0.25) is 5.65 Å². The maximum atomic E-state index is 4.48. The second kappa shape index (κ2) is 5.85. The molecule has 1 N–H and O–H groups in total. The topological polar surface area (TPSA) is 88.5 Å². The Balaban J connectivity index is 2.04. The zero-order chi connectivity index (χ0) is 17.5. The minimum atomic E-state index is -0.112. The lowest BCUT2D eigenvalue weighted by Gasteiger charge is -2.16. The molecule has 8 nitrogen and oxygen atoms in total. The molecule has 3 heterocycles. The Bertz CT molecular complexity index is 887. The fraction of sp³-hybridized carbons (Fsp3) is 0.562. The van der Waals surface area contributed by atoms with Crippen molar-refractivity contribution in [2.75, 3.05) is 0 Å². The van der Waals surface area contributed by atoms with E-state index in [2.05, 4.69) is 58.3 Å². The average Bonchev–Trinajstić information content (AvgIpc) is 3.13. The predicted octanol–water partition coefficient (Wildman–Crippen LogP) is 3.99. The molecule has 0 atom stereocenters. The van der Waals surface area contributed by atoms with E-state index < -0.39 is 0 Å². The highest BCUT2D eigenvalue weighted by atomic mass is 15.4. The molecule has 0 fully saturated rings. The zero-order valence-electron chi connectivity index (χ0n) is 15.1. The summed E-state index contributed by atoms with van der Waals surface area (Å²) < 4.78 is 3.79. The fourth-order valence-electron chi connectivity index (χ4n) is 2.62. The SMILES string of the molecule is CCCn1nc(N=Nc2c(C(C)(C)C)[nH]n3c(C)nnc23)cc1C. The number of azo groups is 1. The average molecular weight is 328 g/mol. The summed E-state index contributed by atoms with van der Waals surface area (Å²) in [5.74, 6) is 1.40. The molecule has 3 aromatic rings. The van der Waals surface area contributed by atoms with E-state index in [9.17, 15) is 0 Å². The van der Waals surface area contributed by atoms with E-state index in [1.165, 1.54) is 0 Å². The molecule has 0 radical (unpaired) electrons. The molecule has 0 amide bonds. The van der Waals surface area contributed by atoms with Crippen LogP contribution < -0.4 is 0 Å². The standard InChI is InChI=1S/C16H24N8/c1-7-8-23-10(2)9-12(21-23)18-19-13-14(16(4,5)6)22-24-11(3)17-20-15(13)24/h9,22H,7-8H2,1-6H3. The number of H-pyrrole nitrogens is 1. The Morgan fingerprint density at radius 2 is 1.92 bits per heavy atom. The number of aryl methyl sites for hydroxylation is 3. The van der Waals surface area contributed by atoms with Crippen LogP contribution in [0.4, 0.5) is 11.5 Å². The minimum Gasteiger partial charge on any atom is -0.292 e. The maximum Gasteiger partial charge on any atom is 0.205 e.